The lowest BCUT2D eigenvalue weighted by molar-refractivity contribution is -0.275. The van der Waals surface area contributed by atoms with E-state index < -0.39 is 17.9 Å². The number of alkyl halides is 3. The van der Waals surface area contributed by atoms with Crippen LogP contribution >= 0.6 is 0 Å². The SMILES string of the molecule is C=CC1CCC(C2CCc3cc(OC(F)(F)F)c(F)cc3C2)CC1. The highest BCUT2D eigenvalue weighted by Gasteiger charge is 2.34. The second kappa shape index (κ2) is 6.77. The smallest absolute Gasteiger partial charge is 0.403 e. The van der Waals surface area contributed by atoms with Gasteiger partial charge in [-0.3, -0.25) is 0 Å². The fourth-order valence-corrected chi connectivity index (χ4v) is 4.24. The molecule has 1 saturated carbocycles. The van der Waals surface area contributed by atoms with Crippen molar-refractivity contribution in [2.75, 3.05) is 0 Å². The lowest BCUT2D eigenvalue weighted by Crippen LogP contribution is -2.26. The molecule has 0 spiro atoms. The number of rotatable bonds is 3. The number of halogens is 4. The molecule has 1 atom stereocenters. The summed E-state index contributed by atoms with van der Waals surface area (Å²) in [5, 5.41) is 0. The van der Waals surface area contributed by atoms with E-state index in [1.807, 2.05) is 6.08 Å². The van der Waals surface area contributed by atoms with Gasteiger partial charge in [0.05, 0.1) is 0 Å². The molecule has 24 heavy (non-hydrogen) atoms. The number of benzene rings is 1. The van der Waals surface area contributed by atoms with Crippen LogP contribution in [-0.2, 0) is 12.8 Å². The van der Waals surface area contributed by atoms with Crippen molar-refractivity contribution >= 4 is 0 Å². The summed E-state index contributed by atoms with van der Waals surface area (Å²) in [5.74, 6) is 0.0884. The maximum atomic E-state index is 13.9. The largest absolute Gasteiger partial charge is 0.573 e. The van der Waals surface area contributed by atoms with Gasteiger partial charge in [0.25, 0.3) is 0 Å². The third kappa shape index (κ3) is 3.93. The minimum absolute atomic E-state index is 0.497. The van der Waals surface area contributed by atoms with Crippen LogP contribution in [0.5, 0.6) is 5.75 Å². The molecule has 0 saturated heterocycles. The number of hydrogen-bond acceptors (Lipinski definition) is 1. The van der Waals surface area contributed by atoms with Crippen LogP contribution in [0.4, 0.5) is 17.6 Å². The van der Waals surface area contributed by atoms with E-state index in [-0.39, 0.29) is 0 Å². The van der Waals surface area contributed by atoms with Gasteiger partial charge in [0.15, 0.2) is 11.6 Å². The molecule has 0 amide bonds. The molecule has 0 aromatic heterocycles. The van der Waals surface area contributed by atoms with E-state index in [1.165, 1.54) is 12.1 Å². The third-order valence-corrected chi connectivity index (χ3v) is 5.56. The first kappa shape index (κ1) is 17.3. The average Bonchev–Trinajstić information content (AvgIpc) is 2.54. The summed E-state index contributed by atoms with van der Waals surface area (Å²) < 4.78 is 54.7. The highest BCUT2D eigenvalue weighted by Crippen LogP contribution is 2.41. The summed E-state index contributed by atoms with van der Waals surface area (Å²) in [5.41, 5.74) is 1.62. The molecule has 3 rings (SSSR count). The van der Waals surface area contributed by atoms with Crippen molar-refractivity contribution in [1.82, 2.24) is 0 Å². The van der Waals surface area contributed by atoms with Crippen molar-refractivity contribution in [1.29, 1.82) is 0 Å². The monoisotopic (exact) mass is 342 g/mol. The summed E-state index contributed by atoms with van der Waals surface area (Å²) in [7, 11) is 0. The first-order valence-corrected chi connectivity index (χ1v) is 8.55. The second-order valence-electron chi connectivity index (χ2n) is 7.01. The zero-order chi connectivity index (χ0) is 17.3. The van der Waals surface area contributed by atoms with Crippen molar-refractivity contribution in [3.8, 4) is 5.75 Å². The molecule has 1 aromatic rings. The molecule has 1 aromatic carbocycles. The van der Waals surface area contributed by atoms with Gasteiger partial charge in [-0.25, -0.2) is 4.39 Å². The fourth-order valence-electron chi connectivity index (χ4n) is 4.24. The van der Waals surface area contributed by atoms with Gasteiger partial charge >= 0.3 is 6.36 Å². The topological polar surface area (TPSA) is 9.23 Å². The number of allylic oxidation sites excluding steroid dienone is 1. The van der Waals surface area contributed by atoms with Gasteiger partial charge in [0, 0.05) is 0 Å². The number of ether oxygens (including phenoxy) is 1. The molecule has 0 heterocycles. The van der Waals surface area contributed by atoms with Crippen LogP contribution in [0.1, 0.15) is 43.2 Å². The van der Waals surface area contributed by atoms with Crippen molar-refractivity contribution in [2.45, 2.75) is 51.3 Å². The Balaban J connectivity index is 1.70. The van der Waals surface area contributed by atoms with E-state index in [1.54, 1.807) is 0 Å². The summed E-state index contributed by atoms with van der Waals surface area (Å²) in [6.45, 7) is 3.86. The minimum Gasteiger partial charge on any atom is -0.403 e. The van der Waals surface area contributed by atoms with Crippen LogP contribution in [0.25, 0.3) is 0 Å². The van der Waals surface area contributed by atoms with Crippen LogP contribution in [-0.4, -0.2) is 6.36 Å². The molecule has 1 nitrogen and oxygen atoms in total. The first-order chi connectivity index (χ1) is 11.4. The predicted molar refractivity (Wildman–Crippen MR) is 84.2 cm³/mol. The maximum Gasteiger partial charge on any atom is 0.573 e. The van der Waals surface area contributed by atoms with Gasteiger partial charge in [-0.15, -0.1) is 19.8 Å². The van der Waals surface area contributed by atoms with E-state index in [2.05, 4.69) is 11.3 Å². The predicted octanol–water partition coefficient (Wildman–Crippen LogP) is 5.82. The Morgan fingerprint density at radius 3 is 2.33 bits per heavy atom. The van der Waals surface area contributed by atoms with Gasteiger partial charge in [-0.05, 0) is 86.0 Å². The summed E-state index contributed by atoms with van der Waals surface area (Å²) in [6.07, 6.45) is 4.20. The minimum atomic E-state index is -4.87. The first-order valence-electron chi connectivity index (χ1n) is 8.55. The molecular weight excluding hydrogens is 320 g/mol. The number of hydrogen-bond donors (Lipinski definition) is 0. The van der Waals surface area contributed by atoms with E-state index in [0.717, 1.165) is 49.7 Å². The van der Waals surface area contributed by atoms with E-state index in [4.69, 9.17) is 0 Å². The van der Waals surface area contributed by atoms with Gasteiger partial charge in [0.1, 0.15) is 0 Å². The van der Waals surface area contributed by atoms with Crippen molar-refractivity contribution in [3.63, 3.8) is 0 Å². The van der Waals surface area contributed by atoms with Crippen LogP contribution < -0.4 is 4.74 Å². The van der Waals surface area contributed by atoms with E-state index in [9.17, 15) is 17.6 Å². The molecule has 2 aliphatic rings. The lowest BCUT2D eigenvalue weighted by atomic mass is 9.70. The fraction of sp³-hybridized carbons (Fsp3) is 0.579. The molecule has 0 bridgehead atoms. The van der Waals surface area contributed by atoms with Crippen LogP contribution in [0, 0.1) is 23.6 Å². The summed E-state index contributed by atoms with van der Waals surface area (Å²) >= 11 is 0. The van der Waals surface area contributed by atoms with Crippen molar-refractivity contribution in [2.24, 2.45) is 17.8 Å². The Morgan fingerprint density at radius 2 is 1.71 bits per heavy atom. The Hall–Kier alpha value is -1.52. The highest BCUT2D eigenvalue weighted by atomic mass is 19.4. The Kier molecular flexibility index (Phi) is 4.88. The lowest BCUT2D eigenvalue weighted by Gasteiger charge is -2.36. The Bertz CT molecular complexity index is 600. The zero-order valence-electron chi connectivity index (χ0n) is 13.5. The average molecular weight is 342 g/mol. The summed E-state index contributed by atoms with van der Waals surface area (Å²) in [6, 6.07) is 2.46. The van der Waals surface area contributed by atoms with Crippen molar-refractivity contribution in [3.05, 3.63) is 41.7 Å². The molecule has 132 valence electrons. The number of aryl methyl sites for hydroxylation is 1. The normalized spacial score (nSPS) is 27.4. The second-order valence-corrected chi connectivity index (χ2v) is 7.01. The molecular formula is C19H22F4O. The molecule has 0 aliphatic heterocycles. The molecule has 2 aliphatic carbocycles. The van der Waals surface area contributed by atoms with E-state index in [0.29, 0.717) is 24.2 Å². The molecule has 0 radical (unpaired) electrons. The maximum absolute atomic E-state index is 13.9. The molecule has 1 unspecified atom stereocenters. The number of fused-ring (bicyclic) bond motifs is 1. The van der Waals surface area contributed by atoms with Gasteiger partial charge in [0.2, 0.25) is 0 Å². The van der Waals surface area contributed by atoms with Crippen LogP contribution in [0.15, 0.2) is 24.8 Å². The molecule has 0 N–H and O–H groups in total. The standard InChI is InChI=1S/C19H22F4O/c1-2-12-3-5-13(6-4-12)14-7-8-15-11-18(24-19(21,22)23)17(20)10-16(15)9-14/h2,10-14H,1,3-9H2. The van der Waals surface area contributed by atoms with Crippen LogP contribution in [0.2, 0.25) is 0 Å². The van der Waals surface area contributed by atoms with Crippen molar-refractivity contribution < 1.29 is 22.3 Å². The zero-order valence-corrected chi connectivity index (χ0v) is 13.5. The van der Waals surface area contributed by atoms with Gasteiger partial charge < -0.3 is 4.74 Å². The van der Waals surface area contributed by atoms with Gasteiger partial charge in [-0.1, -0.05) is 6.08 Å². The molecule has 1 fully saturated rings. The van der Waals surface area contributed by atoms with Gasteiger partial charge in [-0.2, -0.15) is 0 Å². The third-order valence-electron chi connectivity index (χ3n) is 5.56. The summed E-state index contributed by atoms with van der Waals surface area (Å²) in [4.78, 5) is 0. The Morgan fingerprint density at radius 1 is 1.00 bits per heavy atom. The molecule has 5 heteroatoms. The highest BCUT2D eigenvalue weighted by molar-refractivity contribution is 5.39. The van der Waals surface area contributed by atoms with E-state index >= 15 is 0 Å². The quantitative estimate of drug-likeness (QED) is 0.497. The van der Waals surface area contributed by atoms with Crippen LogP contribution in [0.3, 0.4) is 0 Å². The Labute approximate surface area is 139 Å².